The Morgan fingerprint density at radius 1 is 1.17 bits per heavy atom. The number of benzene rings is 2. The van der Waals surface area contributed by atoms with Crippen LogP contribution in [0.3, 0.4) is 0 Å². The maximum Gasteiger partial charge on any atom is 0.337 e. The summed E-state index contributed by atoms with van der Waals surface area (Å²) in [6.07, 6.45) is 1.62. The number of ether oxygens (including phenoxy) is 1. The van der Waals surface area contributed by atoms with Crippen LogP contribution in [0.2, 0.25) is 0 Å². The van der Waals surface area contributed by atoms with Crippen LogP contribution in [0.25, 0.3) is 0 Å². The third kappa shape index (κ3) is 2.83. The molecule has 0 amide bonds. The van der Waals surface area contributed by atoms with E-state index in [4.69, 9.17) is 0 Å². The molecule has 0 heterocycles. The smallest absolute Gasteiger partial charge is 0.337 e. The summed E-state index contributed by atoms with van der Waals surface area (Å²) in [7, 11) is -0.845. The first-order chi connectivity index (χ1) is 11.4. The molecule has 0 saturated heterocycles. The molecule has 1 unspecified atom stereocenters. The zero-order chi connectivity index (χ0) is 17.3. The van der Waals surface area contributed by atoms with Crippen molar-refractivity contribution in [2.45, 2.75) is 23.8 Å². The molecule has 2 aromatic carbocycles. The maximum atomic E-state index is 13.0. The van der Waals surface area contributed by atoms with E-state index in [1.54, 1.807) is 13.1 Å². The first-order valence-corrected chi connectivity index (χ1v) is 9.13. The highest BCUT2D eigenvalue weighted by Gasteiger charge is 2.33. The first-order valence-electron chi connectivity index (χ1n) is 7.69. The van der Waals surface area contributed by atoms with E-state index in [0.29, 0.717) is 0 Å². The monoisotopic (exact) mass is 345 g/mol. The molecule has 126 valence electrons. The fourth-order valence-corrected chi connectivity index (χ4v) is 4.56. The zero-order valence-electron chi connectivity index (χ0n) is 13.6. The van der Waals surface area contributed by atoms with Crippen LogP contribution in [0.1, 0.15) is 33.9 Å². The van der Waals surface area contributed by atoms with Gasteiger partial charge in [-0.1, -0.05) is 30.3 Å². The second-order valence-electron chi connectivity index (χ2n) is 5.79. The summed E-state index contributed by atoms with van der Waals surface area (Å²) in [5.41, 5.74) is 2.46. The minimum Gasteiger partial charge on any atom is -0.465 e. The first kappa shape index (κ1) is 16.7. The molecule has 6 heteroatoms. The van der Waals surface area contributed by atoms with E-state index in [-0.39, 0.29) is 16.5 Å². The van der Waals surface area contributed by atoms with Crippen molar-refractivity contribution < 1.29 is 17.9 Å². The molecule has 0 aromatic heterocycles. The van der Waals surface area contributed by atoms with Crippen LogP contribution < -0.4 is 0 Å². The van der Waals surface area contributed by atoms with Gasteiger partial charge in [-0.25, -0.2) is 13.2 Å². The topological polar surface area (TPSA) is 63.7 Å². The predicted molar refractivity (Wildman–Crippen MR) is 90.2 cm³/mol. The molecule has 0 spiro atoms. The molecule has 0 N–H and O–H groups in total. The van der Waals surface area contributed by atoms with Crippen molar-refractivity contribution in [2.24, 2.45) is 0 Å². The molecule has 1 aliphatic carbocycles. The number of hydrogen-bond acceptors (Lipinski definition) is 4. The number of esters is 1. The van der Waals surface area contributed by atoms with Crippen molar-refractivity contribution in [3.63, 3.8) is 0 Å². The third-order valence-electron chi connectivity index (χ3n) is 4.47. The van der Waals surface area contributed by atoms with Gasteiger partial charge in [0.1, 0.15) is 0 Å². The van der Waals surface area contributed by atoms with Crippen LogP contribution in [0, 0.1) is 0 Å². The van der Waals surface area contributed by atoms with Crippen LogP contribution in [0.5, 0.6) is 0 Å². The predicted octanol–water partition coefficient (Wildman–Crippen LogP) is 2.78. The maximum absolute atomic E-state index is 13.0. The van der Waals surface area contributed by atoms with Gasteiger partial charge in [-0.05, 0) is 42.2 Å². The van der Waals surface area contributed by atoms with Gasteiger partial charge in [0.15, 0.2) is 0 Å². The fraction of sp³-hybridized carbons (Fsp3) is 0.278. The van der Waals surface area contributed by atoms with Crippen molar-refractivity contribution >= 4 is 16.0 Å². The number of aryl methyl sites for hydroxylation is 1. The molecule has 1 atom stereocenters. The Labute approximate surface area is 141 Å². The lowest BCUT2D eigenvalue weighted by molar-refractivity contribution is 0.0600. The molecule has 1 aliphatic rings. The van der Waals surface area contributed by atoms with E-state index < -0.39 is 16.0 Å². The normalized spacial score (nSPS) is 16.9. The number of carbonyl (C=O) groups is 1. The van der Waals surface area contributed by atoms with Crippen molar-refractivity contribution in [2.75, 3.05) is 14.2 Å². The van der Waals surface area contributed by atoms with Gasteiger partial charge < -0.3 is 4.74 Å². The SMILES string of the molecule is COC(=O)c1cccc(S(=O)(=O)N(C)C2CCc3ccccc32)c1. The zero-order valence-corrected chi connectivity index (χ0v) is 14.4. The largest absolute Gasteiger partial charge is 0.465 e. The molecule has 0 radical (unpaired) electrons. The van der Waals surface area contributed by atoms with E-state index >= 15 is 0 Å². The molecule has 0 bridgehead atoms. The van der Waals surface area contributed by atoms with Crippen LogP contribution in [0.15, 0.2) is 53.4 Å². The summed E-state index contributed by atoms with van der Waals surface area (Å²) in [6.45, 7) is 0. The van der Waals surface area contributed by atoms with Crippen LogP contribution in [-0.2, 0) is 21.2 Å². The van der Waals surface area contributed by atoms with Gasteiger partial charge in [-0.3, -0.25) is 0 Å². The Balaban J connectivity index is 1.95. The average Bonchev–Trinajstić information content (AvgIpc) is 3.04. The lowest BCUT2D eigenvalue weighted by Crippen LogP contribution is -2.30. The van der Waals surface area contributed by atoms with Crippen molar-refractivity contribution in [3.8, 4) is 0 Å². The number of fused-ring (bicyclic) bond motifs is 1. The molecule has 0 saturated carbocycles. The molecule has 24 heavy (non-hydrogen) atoms. The van der Waals surface area contributed by atoms with Gasteiger partial charge in [0, 0.05) is 7.05 Å². The molecule has 0 fully saturated rings. The number of nitrogens with zero attached hydrogens (tertiary/aromatic N) is 1. The summed E-state index contributed by atoms with van der Waals surface area (Å²) in [5, 5.41) is 0. The van der Waals surface area contributed by atoms with E-state index in [2.05, 4.69) is 4.74 Å². The highest BCUT2D eigenvalue weighted by atomic mass is 32.2. The Bertz CT molecular complexity index is 876. The number of hydrogen-bond donors (Lipinski definition) is 0. The van der Waals surface area contributed by atoms with E-state index in [9.17, 15) is 13.2 Å². The van der Waals surface area contributed by atoms with Crippen LogP contribution in [0.4, 0.5) is 0 Å². The van der Waals surface area contributed by atoms with Crippen molar-refractivity contribution in [1.29, 1.82) is 0 Å². The molecule has 3 rings (SSSR count). The second-order valence-corrected chi connectivity index (χ2v) is 7.79. The van der Waals surface area contributed by atoms with Gasteiger partial charge in [0.25, 0.3) is 0 Å². The lowest BCUT2D eigenvalue weighted by Gasteiger charge is -2.25. The highest BCUT2D eigenvalue weighted by Crippen LogP contribution is 2.37. The van der Waals surface area contributed by atoms with Gasteiger partial charge in [0.05, 0.1) is 23.6 Å². The Morgan fingerprint density at radius 3 is 2.67 bits per heavy atom. The Hall–Kier alpha value is -2.18. The van der Waals surface area contributed by atoms with Gasteiger partial charge in [0.2, 0.25) is 10.0 Å². The average molecular weight is 345 g/mol. The summed E-state index contributed by atoms with van der Waals surface area (Å²) in [6, 6.07) is 13.7. The Morgan fingerprint density at radius 2 is 1.92 bits per heavy atom. The van der Waals surface area contributed by atoms with Crippen LogP contribution >= 0.6 is 0 Å². The minimum atomic E-state index is -3.70. The van der Waals surface area contributed by atoms with E-state index in [0.717, 1.165) is 18.4 Å². The lowest BCUT2D eigenvalue weighted by atomic mass is 10.1. The van der Waals surface area contributed by atoms with Crippen LogP contribution in [-0.4, -0.2) is 32.8 Å². The number of carbonyl (C=O) groups excluding carboxylic acids is 1. The van der Waals surface area contributed by atoms with Crippen molar-refractivity contribution in [3.05, 3.63) is 65.2 Å². The van der Waals surface area contributed by atoms with E-state index in [1.807, 2.05) is 24.3 Å². The van der Waals surface area contributed by atoms with Gasteiger partial charge >= 0.3 is 5.97 Å². The standard InChI is InChI=1S/C18H19NO4S/c1-19(17-11-10-13-6-3-4-9-16(13)17)24(21,22)15-8-5-7-14(12-15)18(20)23-2/h3-9,12,17H,10-11H2,1-2H3. The summed E-state index contributed by atoms with van der Waals surface area (Å²) < 4.78 is 32.0. The molecule has 5 nitrogen and oxygen atoms in total. The summed E-state index contributed by atoms with van der Waals surface area (Å²) >= 11 is 0. The molecule has 0 aliphatic heterocycles. The van der Waals surface area contributed by atoms with E-state index in [1.165, 1.54) is 35.2 Å². The highest BCUT2D eigenvalue weighted by molar-refractivity contribution is 7.89. The number of sulfonamides is 1. The number of rotatable bonds is 4. The quantitative estimate of drug-likeness (QED) is 0.800. The van der Waals surface area contributed by atoms with Crippen molar-refractivity contribution in [1.82, 2.24) is 4.31 Å². The third-order valence-corrected chi connectivity index (χ3v) is 6.33. The number of methoxy groups -OCH3 is 1. The minimum absolute atomic E-state index is 0.0947. The summed E-state index contributed by atoms with van der Waals surface area (Å²) in [5.74, 6) is -0.555. The summed E-state index contributed by atoms with van der Waals surface area (Å²) in [4.78, 5) is 11.7. The molecular formula is C18H19NO4S. The second kappa shape index (κ2) is 6.37. The van der Waals surface area contributed by atoms with Gasteiger partial charge in [-0.15, -0.1) is 0 Å². The molecule has 2 aromatic rings. The fourth-order valence-electron chi connectivity index (χ4n) is 3.15. The Kier molecular flexibility index (Phi) is 4.43. The van der Waals surface area contributed by atoms with Gasteiger partial charge in [-0.2, -0.15) is 4.31 Å². The molecular weight excluding hydrogens is 326 g/mol.